The van der Waals surface area contributed by atoms with E-state index < -0.39 is 6.03 Å². The van der Waals surface area contributed by atoms with Gasteiger partial charge in [0, 0.05) is 39.8 Å². The van der Waals surface area contributed by atoms with Crippen LogP contribution in [0.2, 0.25) is 5.02 Å². The lowest BCUT2D eigenvalue weighted by atomic mass is 10.2. The molecule has 1 aliphatic heterocycles. The Bertz CT molecular complexity index is 807. The van der Waals surface area contributed by atoms with Gasteiger partial charge in [0.15, 0.2) is 0 Å². The molecule has 3 rings (SSSR count). The highest BCUT2D eigenvalue weighted by atomic mass is 35.5. The molecule has 0 aromatic heterocycles. The Morgan fingerprint density at radius 2 is 1.77 bits per heavy atom. The molecule has 0 unspecified atom stereocenters. The first-order chi connectivity index (χ1) is 14.5. The number of amides is 2. The quantitative estimate of drug-likeness (QED) is 0.614. The molecule has 0 radical (unpaired) electrons. The lowest BCUT2D eigenvalue weighted by Gasteiger charge is -2.36. The highest BCUT2D eigenvalue weighted by Gasteiger charge is 2.18. The third-order valence-electron chi connectivity index (χ3n) is 5.42. The zero-order valence-electron chi connectivity index (χ0n) is 17.6. The largest absolute Gasteiger partial charge is 0.494 e. The molecular formula is C23H31ClN4O2. The van der Waals surface area contributed by atoms with Crippen LogP contribution in [0, 0.1) is 0 Å². The van der Waals surface area contributed by atoms with Crippen molar-refractivity contribution in [3.8, 4) is 5.75 Å². The number of nitrogens with two attached hydrogens (primary N) is 1. The second-order valence-electron chi connectivity index (χ2n) is 7.67. The lowest BCUT2D eigenvalue weighted by Crippen LogP contribution is -2.46. The number of para-hydroxylation sites is 1. The van der Waals surface area contributed by atoms with Gasteiger partial charge < -0.3 is 20.3 Å². The van der Waals surface area contributed by atoms with E-state index in [4.69, 9.17) is 22.1 Å². The van der Waals surface area contributed by atoms with Gasteiger partial charge in [-0.2, -0.15) is 0 Å². The van der Waals surface area contributed by atoms with E-state index in [2.05, 4.69) is 15.9 Å². The van der Waals surface area contributed by atoms with E-state index in [9.17, 15) is 4.79 Å². The number of urea groups is 1. The van der Waals surface area contributed by atoms with Gasteiger partial charge in [-0.05, 0) is 49.2 Å². The zero-order valence-corrected chi connectivity index (χ0v) is 18.4. The first-order valence-electron chi connectivity index (χ1n) is 10.5. The van der Waals surface area contributed by atoms with Crippen LogP contribution in [0.1, 0.15) is 18.4 Å². The predicted octanol–water partition coefficient (Wildman–Crippen LogP) is 3.83. The van der Waals surface area contributed by atoms with Crippen molar-refractivity contribution in [1.82, 2.24) is 9.80 Å². The average molecular weight is 431 g/mol. The van der Waals surface area contributed by atoms with Gasteiger partial charge in [0.2, 0.25) is 0 Å². The molecule has 2 aromatic rings. The molecule has 2 aromatic carbocycles. The fraction of sp³-hybridized carbons (Fsp3) is 0.435. The van der Waals surface area contributed by atoms with Crippen molar-refractivity contribution in [3.63, 3.8) is 0 Å². The summed E-state index contributed by atoms with van der Waals surface area (Å²) in [6.07, 6.45) is 2.14. The van der Waals surface area contributed by atoms with Gasteiger partial charge in [0.25, 0.3) is 0 Å². The van der Waals surface area contributed by atoms with Crippen LogP contribution in [0.4, 0.5) is 10.5 Å². The monoisotopic (exact) mass is 430 g/mol. The summed E-state index contributed by atoms with van der Waals surface area (Å²) in [5.74, 6) is 0.855. The third kappa shape index (κ3) is 6.54. The fourth-order valence-electron chi connectivity index (χ4n) is 3.59. The summed E-state index contributed by atoms with van der Waals surface area (Å²) in [5, 5.41) is 0.830. The van der Waals surface area contributed by atoms with Crippen molar-refractivity contribution >= 4 is 23.3 Å². The summed E-state index contributed by atoms with van der Waals surface area (Å²) < 4.78 is 5.84. The molecule has 0 spiro atoms. The molecule has 0 bridgehead atoms. The number of piperazine rings is 1. The molecule has 1 aliphatic rings. The van der Waals surface area contributed by atoms with Crippen LogP contribution < -0.4 is 15.4 Å². The third-order valence-corrected chi connectivity index (χ3v) is 5.74. The second kappa shape index (κ2) is 11.1. The maximum absolute atomic E-state index is 11.1. The average Bonchev–Trinajstić information content (AvgIpc) is 2.75. The number of unbranched alkanes of at least 4 members (excludes halogenated alkanes) is 1. The molecule has 0 atom stereocenters. The number of rotatable bonds is 9. The lowest BCUT2D eigenvalue weighted by molar-refractivity contribution is 0.216. The van der Waals surface area contributed by atoms with E-state index >= 15 is 0 Å². The van der Waals surface area contributed by atoms with Gasteiger partial charge >= 0.3 is 6.03 Å². The number of ether oxygens (including phenoxy) is 1. The molecule has 6 nitrogen and oxygen atoms in total. The van der Waals surface area contributed by atoms with Crippen LogP contribution in [0.15, 0.2) is 48.5 Å². The summed E-state index contributed by atoms with van der Waals surface area (Å²) in [6.45, 7) is 6.45. The molecule has 0 saturated carbocycles. The maximum Gasteiger partial charge on any atom is 0.314 e. The van der Waals surface area contributed by atoms with Crippen LogP contribution in [-0.2, 0) is 6.54 Å². The Morgan fingerprint density at radius 1 is 1.07 bits per heavy atom. The number of hydrogen-bond acceptors (Lipinski definition) is 4. The zero-order chi connectivity index (χ0) is 21.3. The van der Waals surface area contributed by atoms with Crippen molar-refractivity contribution in [3.05, 3.63) is 59.1 Å². The number of hydrogen-bond donors (Lipinski definition) is 1. The standard InChI is InChI=1S/C23H31ClN4O2/c1-26(23(25)29)18-19-8-10-20(11-9-19)30-17-5-4-12-27-13-15-28(16-14-27)22-7-3-2-6-21(22)24/h2-3,6-11H,4-5,12-18H2,1H3,(H2,25,29). The number of nitrogens with zero attached hydrogens (tertiary/aromatic N) is 3. The van der Waals surface area contributed by atoms with Gasteiger partial charge in [0.1, 0.15) is 5.75 Å². The first kappa shape index (κ1) is 22.2. The topological polar surface area (TPSA) is 62.0 Å². The van der Waals surface area contributed by atoms with Crippen molar-refractivity contribution in [2.75, 3.05) is 51.3 Å². The van der Waals surface area contributed by atoms with Crippen LogP contribution >= 0.6 is 11.6 Å². The van der Waals surface area contributed by atoms with Gasteiger partial charge in [-0.15, -0.1) is 0 Å². The van der Waals surface area contributed by atoms with Crippen molar-refractivity contribution < 1.29 is 9.53 Å². The van der Waals surface area contributed by atoms with E-state index in [1.54, 1.807) is 7.05 Å². The smallest absolute Gasteiger partial charge is 0.314 e. The second-order valence-corrected chi connectivity index (χ2v) is 8.08. The predicted molar refractivity (Wildman–Crippen MR) is 122 cm³/mol. The maximum atomic E-state index is 11.1. The molecule has 1 heterocycles. The van der Waals surface area contributed by atoms with E-state index in [0.29, 0.717) is 13.2 Å². The van der Waals surface area contributed by atoms with E-state index in [-0.39, 0.29) is 0 Å². The van der Waals surface area contributed by atoms with E-state index in [0.717, 1.165) is 67.6 Å². The minimum Gasteiger partial charge on any atom is -0.494 e. The van der Waals surface area contributed by atoms with Gasteiger partial charge in [-0.1, -0.05) is 35.9 Å². The van der Waals surface area contributed by atoms with Gasteiger partial charge in [0.05, 0.1) is 17.3 Å². The molecule has 2 N–H and O–H groups in total. The molecule has 162 valence electrons. The number of primary amides is 1. The van der Waals surface area contributed by atoms with Crippen LogP contribution in [0.3, 0.4) is 0 Å². The molecular weight excluding hydrogens is 400 g/mol. The van der Waals surface area contributed by atoms with Gasteiger partial charge in [-0.25, -0.2) is 4.79 Å². The van der Waals surface area contributed by atoms with E-state index in [1.165, 1.54) is 4.90 Å². The number of anilines is 1. The Labute approximate surface area is 184 Å². The SMILES string of the molecule is CN(Cc1ccc(OCCCCN2CCN(c3ccccc3Cl)CC2)cc1)C(N)=O. The Hall–Kier alpha value is -2.44. The number of halogens is 1. The van der Waals surface area contributed by atoms with E-state index in [1.807, 2.05) is 42.5 Å². The van der Waals surface area contributed by atoms with Crippen molar-refractivity contribution in [2.45, 2.75) is 19.4 Å². The van der Waals surface area contributed by atoms with Crippen molar-refractivity contribution in [1.29, 1.82) is 0 Å². The van der Waals surface area contributed by atoms with Gasteiger partial charge in [-0.3, -0.25) is 4.90 Å². The highest BCUT2D eigenvalue weighted by Crippen LogP contribution is 2.26. The Morgan fingerprint density at radius 3 is 2.43 bits per heavy atom. The number of carbonyl (C=O) groups is 1. The highest BCUT2D eigenvalue weighted by molar-refractivity contribution is 6.33. The summed E-state index contributed by atoms with van der Waals surface area (Å²) in [5.41, 5.74) is 7.42. The Balaban J connectivity index is 1.30. The van der Waals surface area contributed by atoms with Crippen molar-refractivity contribution in [2.24, 2.45) is 5.73 Å². The minimum atomic E-state index is -0.430. The summed E-state index contributed by atoms with van der Waals surface area (Å²) in [7, 11) is 1.68. The summed E-state index contributed by atoms with van der Waals surface area (Å²) in [6, 6.07) is 15.5. The molecule has 2 amide bonds. The Kier molecular flexibility index (Phi) is 8.22. The molecule has 0 aliphatic carbocycles. The van der Waals surface area contributed by atoms with Crippen LogP contribution in [0.25, 0.3) is 0 Å². The molecule has 1 saturated heterocycles. The normalized spacial score (nSPS) is 14.5. The minimum absolute atomic E-state index is 0.430. The molecule has 1 fully saturated rings. The van der Waals surface area contributed by atoms with Crippen LogP contribution in [0.5, 0.6) is 5.75 Å². The fourth-order valence-corrected chi connectivity index (χ4v) is 3.85. The van der Waals surface area contributed by atoms with Crippen LogP contribution in [-0.4, -0.2) is 62.2 Å². The number of benzene rings is 2. The molecule has 30 heavy (non-hydrogen) atoms. The molecule has 7 heteroatoms. The first-order valence-corrected chi connectivity index (χ1v) is 10.8. The number of carbonyl (C=O) groups excluding carboxylic acids is 1. The summed E-state index contributed by atoms with van der Waals surface area (Å²) in [4.78, 5) is 17.5. The summed E-state index contributed by atoms with van der Waals surface area (Å²) >= 11 is 6.32.